The van der Waals surface area contributed by atoms with Crippen molar-refractivity contribution in [1.82, 2.24) is 4.90 Å². The van der Waals surface area contributed by atoms with E-state index in [2.05, 4.69) is 11.0 Å². The molecule has 3 rings (SSSR count). The predicted molar refractivity (Wildman–Crippen MR) is 104 cm³/mol. The molecule has 1 atom stereocenters. The van der Waals surface area contributed by atoms with Crippen LogP contribution in [0.2, 0.25) is 0 Å². The maximum atomic E-state index is 14.7. The van der Waals surface area contributed by atoms with E-state index in [1.54, 1.807) is 26.8 Å². The molecule has 6 heteroatoms. The Morgan fingerprint density at radius 2 is 2.18 bits per heavy atom. The highest BCUT2D eigenvalue weighted by Gasteiger charge is 2.28. The molecular weight excluding hydrogens is 359 g/mol. The van der Waals surface area contributed by atoms with Gasteiger partial charge in [0.25, 0.3) is 0 Å². The van der Waals surface area contributed by atoms with Crippen molar-refractivity contribution >= 4 is 11.5 Å². The number of benzene rings is 1. The number of carbonyl (C=O) groups excluding carboxylic acids is 1. The van der Waals surface area contributed by atoms with Crippen LogP contribution < -0.4 is 0 Å². The summed E-state index contributed by atoms with van der Waals surface area (Å²) >= 11 is 0. The second-order valence-corrected chi connectivity index (χ2v) is 8.39. The first-order valence-electron chi connectivity index (χ1n) is 9.69. The quantitative estimate of drug-likeness (QED) is 0.727. The first kappa shape index (κ1) is 20.5. The maximum Gasteiger partial charge on any atom is 0.324 e. The molecule has 1 aromatic carbocycles. The Kier molecular flexibility index (Phi) is 6.17. The van der Waals surface area contributed by atoms with Gasteiger partial charge < -0.3 is 9.47 Å². The number of nitriles is 1. The molecule has 0 spiro atoms. The van der Waals surface area contributed by atoms with E-state index in [4.69, 9.17) is 9.47 Å². The second-order valence-electron chi connectivity index (χ2n) is 8.39. The van der Waals surface area contributed by atoms with E-state index >= 15 is 0 Å². The zero-order chi connectivity index (χ0) is 20.3. The molecule has 2 aliphatic rings. The van der Waals surface area contributed by atoms with Crippen molar-refractivity contribution in [1.29, 1.82) is 5.26 Å². The highest BCUT2D eigenvalue weighted by Crippen LogP contribution is 2.27. The van der Waals surface area contributed by atoms with Crippen molar-refractivity contribution in [3.8, 4) is 6.07 Å². The average Bonchev–Trinajstić information content (AvgIpc) is 2.58. The number of hydrogen-bond donors (Lipinski definition) is 0. The minimum Gasteiger partial charge on any atom is -0.459 e. The number of ether oxygens (including phenoxy) is 2. The van der Waals surface area contributed by atoms with Crippen molar-refractivity contribution < 1.29 is 18.7 Å². The van der Waals surface area contributed by atoms with Crippen LogP contribution in [0, 0.1) is 23.1 Å². The molecule has 1 fully saturated rings. The summed E-state index contributed by atoms with van der Waals surface area (Å²) in [5.41, 5.74) is 1.66. The summed E-state index contributed by atoms with van der Waals surface area (Å²) in [6.07, 6.45) is 3.02. The number of carbonyl (C=O) groups is 1. The van der Waals surface area contributed by atoms with Crippen LogP contribution in [0.25, 0.3) is 5.57 Å². The van der Waals surface area contributed by atoms with Gasteiger partial charge in [-0.1, -0.05) is 18.2 Å². The Hall–Kier alpha value is -2.23. The summed E-state index contributed by atoms with van der Waals surface area (Å²) in [6.45, 7) is 8.61. The van der Waals surface area contributed by atoms with E-state index < -0.39 is 23.3 Å². The fraction of sp³-hybridized carbons (Fsp3) is 0.545. The van der Waals surface area contributed by atoms with Crippen molar-refractivity contribution in [3.63, 3.8) is 0 Å². The summed E-state index contributed by atoms with van der Waals surface area (Å²) in [6, 6.07) is 7.49. The highest BCUT2D eigenvalue weighted by atomic mass is 19.1. The summed E-state index contributed by atoms with van der Waals surface area (Å²) in [5.74, 6) is -2.03. The fourth-order valence-electron chi connectivity index (χ4n) is 3.40. The SMILES string of the molecule is CC(C)(C)OC(=O)C(C#N)Cc1ccc(C2=CCN(C3COC3)CC2)cc1F. The third-order valence-electron chi connectivity index (χ3n) is 5.07. The molecule has 2 aliphatic heterocycles. The molecular formula is C22H27FN2O3. The smallest absolute Gasteiger partial charge is 0.324 e. The summed E-state index contributed by atoms with van der Waals surface area (Å²) in [4.78, 5) is 14.5. The van der Waals surface area contributed by atoms with Gasteiger partial charge in [-0.05, 0) is 50.0 Å². The minimum atomic E-state index is -1.02. The molecule has 2 heterocycles. The van der Waals surface area contributed by atoms with Crippen LogP contribution in [0.15, 0.2) is 24.3 Å². The molecule has 150 valence electrons. The first-order valence-corrected chi connectivity index (χ1v) is 9.69. The normalized spacial score (nSPS) is 19.3. The van der Waals surface area contributed by atoms with Crippen molar-refractivity contribution in [2.75, 3.05) is 26.3 Å². The van der Waals surface area contributed by atoms with E-state index in [0.717, 1.165) is 43.9 Å². The van der Waals surface area contributed by atoms with Gasteiger partial charge in [0, 0.05) is 19.5 Å². The van der Waals surface area contributed by atoms with Crippen LogP contribution in [0.1, 0.15) is 38.3 Å². The molecule has 0 amide bonds. The lowest BCUT2D eigenvalue weighted by atomic mass is 9.94. The molecule has 5 nitrogen and oxygen atoms in total. The Bertz CT molecular complexity index is 803. The molecule has 0 bridgehead atoms. The Labute approximate surface area is 165 Å². The van der Waals surface area contributed by atoms with Crippen molar-refractivity contribution in [2.24, 2.45) is 5.92 Å². The van der Waals surface area contributed by atoms with Gasteiger partial charge in [0.15, 0.2) is 0 Å². The largest absolute Gasteiger partial charge is 0.459 e. The van der Waals surface area contributed by atoms with Gasteiger partial charge in [0.1, 0.15) is 17.3 Å². The van der Waals surface area contributed by atoms with Gasteiger partial charge in [0.05, 0.1) is 25.3 Å². The number of rotatable bonds is 5. The average molecular weight is 386 g/mol. The molecule has 1 saturated heterocycles. The van der Waals surface area contributed by atoms with E-state index in [1.807, 2.05) is 12.1 Å². The predicted octanol–water partition coefficient (Wildman–Crippen LogP) is 3.34. The van der Waals surface area contributed by atoms with Gasteiger partial charge in [-0.25, -0.2) is 4.39 Å². The Morgan fingerprint density at radius 1 is 1.43 bits per heavy atom. The molecule has 0 saturated carbocycles. The molecule has 0 N–H and O–H groups in total. The number of hydrogen-bond acceptors (Lipinski definition) is 5. The number of nitrogens with zero attached hydrogens (tertiary/aromatic N) is 2. The number of esters is 1. The van der Waals surface area contributed by atoms with Crippen LogP contribution in [-0.4, -0.2) is 48.8 Å². The van der Waals surface area contributed by atoms with Crippen LogP contribution in [0.3, 0.4) is 0 Å². The van der Waals surface area contributed by atoms with E-state index in [9.17, 15) is 14.4 Å². The lowest BCUT2D eigenvalue weighted by Gasteiger charge is -2.38. The van der Waals surface area contributed by atoms with Crippen LogP contribution in [0.4, 0.5) is 4.39 Å². The monoisotopic (exact) mass is 386 g/mol. The lowest BCUT2D eigenvalue weighted by Crippen LogP contribution is -2.50. The molecule has 0 aromatic heterocycles. The molecule has 28 heavy (non-hydrogen) atoms. The summed E-state index contributed by atoms with van der Waals surface area (Å²) in [7, 11) is 0. The van der Waals surface area contributed by atoms with Crippen LogP contribution in [-0.2, 0) is 20.7 Å². The van der Waals surface area contributed by atoms with Gasteiger partial charge in [-0.3, -0.25) is 9.69 Å². The number of halogens is 1. The fourth-order valence-corrected chi connectivity index (χ4v) is 3.40. The molecule has 1 aromatic rings. The van der Waals surface area contributed by atoms with Gasteiger partial charge >= 0.3 is 5.97 Å². The van der Waals surface area contributed by atoms with E-state index in [-0.39, 0.29) is 6.42 Å². The topological polar surface area (TPSA) is 62.6 Å². The maximum absolute atomic E-state index is 14.7. The van der Waals surface area contributed by atoms with Crippen molar-refractivity contribution in [2.45, 2.75) is 45.3 Å². The highest BCUT2D eigenvalue weighted by molar-refractivity contribution is 5.76. The van der Waals surface area contributed by atoms with Crippen molar-refractivity contribution in [3.05, 3.63) is 41.2 Å². The summed E-state index contributed by atoms with van der Waals surface area (Å²) < 4.78 is 25.2. The van der Waals surface area contributed by atoms with Crippen LogP contribution in [0.5, 0.6) is 0 Å². The minimum absolute atomic E-state index is 0.00598. The van der Waals surface area contributed by atoms with E-state index in [1.165, 1.54) is 6.07 Å². The first-order chi connectivity index (χ1) is 13.3. The zero-order valence-corrected chi connectivity index (χ0v) is 16.7. The third-order valence-corrected chi connectivity index (χ3v) is 5.07. The van der Waals surface area contributed by atoms with Crippen LogP contribution >= 0.6 is 0 Å². The van der Waals surface area contributed by atoms with Gasteiger partial charge in [0.2, 0.25) is 0 Å². The van der Waals surface area contributed by atoms with Gasteiger partial charge in [-0.15, -0.1) is 0 Å². The Morgan fingerprint density at radius 3 is 2.68 bits per heavy atom. The summed E-state index contributed by atoms with van der Waals surface area (Å²) in [5, 5.41) is 9.30. The second kappa shape index (κ2) is 8.42. The third kappa shape index (κ3) is 4.98. The lowest BCUT2D eigenvalue weighted by molar-refractivity contribution is -0.157. The van der Waals surface area contributed by atoms with E-state index in [0.29, 0.717) is 11.6 Å². The standard InChI is InChI=1S/C22H27FN2O3/c1-22(2,3)28-21(26)18(12-24)10-17-5-4-16(11-20(17)23)15-6-8-25(9-7-15)19-13-27-14-19/h4-6,11,18-19H,7-10,13-14H2,1-3H3. The zero-order valence-electron chi connectivity index (χ0n) is 16.7. The van der Waals surface area contributed by atoms with Gasteiger partial charge in [-0.2, -0.15) is 5.26 Å². The Balaban J connectivity index is 1.66. The molecule has 0 aliphatic carbocycles. The molecule has 0 radical (unpaired) electrons. The molecule has 1 unspecified atom stereocenters.